The van der Waals surface area contributed by atoms with Crippen LogP contribution >= 0.6 is 0 Å². The van der Waals surface area contributed by atoms with E-state index in [1.807, 2.05) is 12.1 Å². The van der Waals surface area contributed by atoms with Crippen LogP contribution in [0.2, 0.25) is 0 Å². The zero-order chi connectivity index (χ0) is 24.0. The van der Waals surface area contributed by atoms with Crippen molar-refractivity contribution in [3.8, 4) is 0 Å². The number of hydrogen-bond donors (Lipinski definition) is 2. The Bertz CT molecular complexity index is 1430. The second-order valence-electron chi connectivity index (χ2n) is 10.1. The number of carboxylic acids is 1. The van der Waals surface area contributed by atoms with Crippen molar-refractivity contribution in [2.24, 2.45) is 4.99 Å². The summed E-state index contributed by atoms with van der Waals surface area (Å²) in [6.07, 6.45) is 5.12. The SMILES string of the molecule is CCCCc1cc2c(cc1N)C(C)(C)c1cc3c(cc1=C2c1ccccc1C(=O)O)CCCN=3. The number of carbonyl (C=O) groups is 1. The van der Waals surface area contributed by atoms with Crippen molar-refractivity contribution in [1.82, 2.24) is 0 Å². The third kappa shape index (κ3) is 3.53. The smallest absolute Gasteiger partial charge is 0.336 e. The van der Waals surface area contributed by atoms with Gasteiger partial charge < -0.3 is 10.8 Å². The highest BCUT2D eigenvalue weighted by molar-refractivity contribution is 5.98. The van der Waals surface area contributed by atoms with Gasteiger partial charge in [-0.2, -0.15) is 0 Å². The van der Waals surface area contributed by atoms with Crippen molar-refractivity contribution in [2.45, 2.75) is 58.3 Å². The molecule has 0 bridgehead atoms. The lowest BCUT2D eigenvalue weighted by Crippen LogP contribution is -2.38. The van der Waals surface area contributed by atoms with Gasteiger partial charge in [0, 0.05) is 17.6 Å². The number of anilines is 1. The number of nitrogen functional groups attached to an aromatic ring is 1. The van der Waals surface area contributed by atoms with E-state index in [0.717, 1.165) is 82.7 Å². The lowest BCUT2D eigenvalue weighted by molar-refractivity contribution is 0.0696. The van der Waals surface area contributed by atoms with Crippen molar-refractivity contribution in [3.05, 3.63) is 98.1 Å². The van der Waals surface area contributed by atoms with Gasteiger partial charge in [0.05, 0.1) is 10.9 Å². The third-order valence-corrected chi connectivity index (χ3v) is 7.50. The quantitative estimate of drug-likeness (QED) is 0.548. The normalized spacial score (nSPS) is 15.7. The van der Waals surface area contributed by atoms with E-state index in [-0.39, 0.29) is 5.41 Å². The van der Waals surface area contributed by atoms with Crippen molar-refractivity contribution < 1.29 is 9.90 Å². The molecule has 0 spiro atoms. The minimum absolute atomic E-state index is 0.286. The highest BCUT2D eigenvalue weighted by atomic mass is 16.4. The van der Waals surface area contributed by atoms with Crippen molar-refractivity contribution in [3.63, 3.8) is 0 Å². The van der Waals surface area contributed by atoms with Gasteiger partial charge in [0.2, 0.25) is 0 Å². The first-order chi connectivity index (χ1) is 16.3. The van der Waals surface area contributed by atoms with Gasteiger partial charge in [0.1, 0.15) is 0 Å². The molecule has 0 fully saturated rings. The van der Waals surface area contributed by atoms with Crippen molar-refractivity contribution in [1.29, 1.82) is 0 Å². The van der Waals surface area contributed by atoms with Crippen molar-refractivity contribution >= 4 is 17.2 Å². The zero-order valence-corrected chi connectivity index (χ0v) is 20.2. The number of fused-ring (bicyclic) bond motifs is 3. The van der Waals surface area contributed by atoms with Crippen LogP contribution in [0.5, 0.6) is 0 Å². The molecular weight excluding hydrogens is 420 g/mol. The maximum Gasteiger partial charge on any atom is 0.336 e. The first-order valence-electron chi connectivity index (χ1n) is 12.3. The predicted octanol–water partition coefficient (Wildman–Crippen LogP) is 4.76. The van der Waals surface area contributed by atoms with Gasteiger partial charge in [-0.25, -0.2) is 4.79 Å². The van der Waals surface area contributed by atoms with E-state index >= 15 is 0 Å². The van der Waals surface area contributed by atoms with Gasteiger partial charge in [-0.3, -0.25) is 4.99 Å². The van der Waals surface area contributed by atoms with Crippen LogP contribution in [0.4, 0.5) is 5.69 Å². The molecule has 0 saturated heterocycles. The average Bonchev–Trinajstić information content (AvgIpc) is 2.83. The molecule has 1 aliphatic heterocycles. The molecular formula is C30H32N2O2. The summed E-state index contributed by atoms with van der Waals surface area (Å²) in [7, 11) is 0. The molecule has 3 aromatic carbocycles. The van der Waals surface area contributed by atoms with Gasteiger partial charge in [0.25, 0.3) is 0 Å². The molecule has 174 valence electrons. The Hall–Kier alpha value is -3.40. The van der Waals surface area contributed by atoms with E-state index in [1.165, 1.54) is 11.1 Å². The monoisotopic (exact) mass is 452 g/mol. The van der Waals surface area contributed by atoms with E-state index in [9.17, 15) is 9.90 Å². The Balaban J connectivity index is 1.95. The van der Waals surface area contributed by atoms with E-state index < -0.39 is 5.97 Å². The van der Waals surface area contributed by atoms with Crippen LogP contribution in [0, 0.1) is 0 Å². The Kier molecular flexibility index (Phi) is 5.55. The average molecular weight is 453 g/mol. The van der Waals surface area contributed by atoms with Gasteiger partial charge in [-0.15, -0.1) is 0 Å². The fourth-order valence-electron chi connectivity index (χ4n) is 5.61. The molecule has 0 amide bonds. The molecule has 0 aromatic heterocycles. The Labute approximate surface area is 200 Å². The molecule has 1 heterocycles. The highest BCUT2D eigenvalue weighted by Crippen LogP contribution is 2.42. The summed E-state index contributed by atoms with van der Waals surface area (Å²) in [5, 5.41) is 12.2. The summed E-state index contributed by atoms with van der Waals surface area (Å²) in [4.78, 5) is 17.1. The zero-order valence-electron chi connectivity index (χ0n) is 20.2. The number of benzene rings is 3. The number of aryl methyl sites for hydroxylation is 2. The van der Waals surface area contributed by atoms with Crippen LogP contribution in [0.25, 0.3) is 5.57 Å². The summed E-state index contributed by atoms with van der Waals surface area (Å²) < 4.78 is 0. The van der Waals surface area contributed by atoms with Crippen molar-refractivity contribution in [2.75, 3.05) is 12.3 Å². The van der Waals surface area contributed by atoms with Crippen LogP contribution in [0.3, 0.4) is 0 Å². The Morgan fingerprint density at radius 3 is 2.65 bits per heavy atom. The highest BCUT2D eigenvalue weighted by Gasteiger charge is 2.35. The standard InChI is InChI=1S/C30H32N2O2/c1-4-5-9-18-14-22-24(16-26(18)31)30(2,3)25-17-27-19(10-8-13-32-27)15-23(25)28(22)20-11-6-7-12-21(20)29(33)34/h6-7,11-12,14-17H,4-5,8-10,13,31H2,1-3H3,(H,33,34). The summed E-state index contributed by atoms with van der Waals surface area (Å²) in [6.45, 7) is 7.52. The van der Waals surface area contributed by atoms with Crippen LogP contribution in [0.15, 0.2) is 53.5 Å². The van der Waals surface area contributed by atoms with Gasteiger partial charge >= 0.3 is 5.97 Å². The molecule has 0 unspecified atom stereocenters. The Morgan fingerprint density at radius 1 is 1.09 bits per heavy atom. The largest absolute Gasteiger partial charge is 0.478 e. The van der Waals surface area contributed by atoms with Gasteiger partial charge in [0.15, 0.2) is 0 Å². The van der Waals surface area contributed by atoms with E-state index in [0.29, 0.717) is 5.56 Å². The second kappa shape index (κ2) is 8.43. The molecule has 3 N–H and O–H groups in total. The lowest BCUT2D eigenvalue weighted by atomic mass is 9.67. The minimum Gasteiger partial charge on any atom is -0.478 e. The fourth-order valence-corrected chi connectivity index (χ4v) is 5.61. The number of nitrogens with two attached hydrogens (primary N) is 1. The van der Waals surface area contributed by atoms with Crippen LogP contribution < -0.4 is 16.3 Å². The molecule has 0 atom stereocenters. The summed E-state index contributed by atoms with van der Waals surface area (Å²) in [6, 6.07) is 16.2. The summed E-state index contributed by atoms with van der Waals surface area (Å²) >= 11 is 0. The molecule has 4 nitrogen and oxygen atoms in total. The molecule has 34 heavy (non-hydrogen) atoms. The number of hydrogen-bond acceptors (Lipinski definition) is 3. The molecule has 0 radical (unpaired) electrons. The minimum atomic E-state index is -0.911. The van der Waals surface area contributed by atoms with Crippen LogP contribution in [0.1, 0.15) is 83.8 Å². The molecule has 0 saturated carbocycles. The molecule has 3 aromatic rings. The number of rotatable bonds is 5. The molecule has 5 rings (SSSR count). The maximum atomic E-state index is 12.3. The van der Waals surface area contributed by atoms with Gasteiger partial charge in [-0.1, -0.05) is 45.4 Å². The topological polar surface area (TPSA) is 75.7 Å². The molecule has 1 aliphatic carbocycles. The molecule has 4 heteroatoms. The van der Waals surface area contributed by atoms with E-state index in [2.05, 4.69) is 45.0 Å². The summed E-state index contributed by atoms with van der Waals surface area (Å²) in [5.41, 5.74) is 15.0. The fraction of sp³-hybridized carbons (Fsp3) is 0.333. The number of unbranched alkanes of at least 4 members (excludes halogenated alkanes) is 1. The predicted molar refractivity (Wildman–Crippen MR) is 137 cm³/mol. The Morgan fingerprint density at radius 2 is 1.88 bits per heavy atom. The molecule has 2 aliphatic rings. The lowest BCUT2D eigenvalue weighted by Gasteiger charge is -2.36. The van der Waals surface area contributed by atoms with Gasteiger partial charge in [-0.05, 0) is 100 Å². The van der Waals surface area contributed by atoms with Crippen LogP contribution in [-0.4, -0.2) is 17.6 Å². The number of aromatic carboxylic acids is 1. The van der Waals surface area contributed by atoms with E-state index in [1.54, 1.807) is 12.1 Å². The third-order valence-electron chi connectivity index (χ3n) is 7.50. The second-order valence-corrected chi connectivity index (χ2v) is 10.1. The van der Waals surface area contributed by atoms with Crippen LogP contribution in [-0.2, 0) is 18.3 Å². The number of nitrogens with zero attached hydrogens (tertiary/aromatic N) is 1. The first-order valence-corrected chi connectivity index (χ1v) is 12.3. The number of carboxylic acid groups (broad SMARTS) is 1. The first kappa shape index (κ1) is 22.4. The van der Waals surface area contributed by atoms with E-state index in [4.69, 9.17) is 10.7 Å². The maximum absolute atomic E-state index is 12.3. The summed E-state index contributed by atoms with van der Waals surface area (Å²) in [5.74, 6) is -0.911.